The van der Waals surface area contributed by atoms with Crippen LogP contribution in [0.15, 0.2) is 22.8 Å². The zero-order valence-electron chi connectivity index (χ0n) is 14.7. The first-order chi connectivity index (χ1) is 10.3. The van der Waals surface area contributed by atoms with E-state index in [4.69, 9.17) is 0 Å². The molecule has 3 aliphatic rings. The van der Waals surface area contributed by atoms with Gasteiger partial charge in [-0.05, 0) is 61.3 Å². The van der Waals surface area contributed by atoms with Gasteiger partial charge >= 0.3 is 0 Å². The molecular weight excluding hydrogens is 272 g/mol. The molecular formula is C20H32O2. The Morgan fingerprint density at radius 3 is 2.59 bits per heavy atom. The Morgan fingerprint density at radius 1 is 1.23 bits per heavy atom. The monoisotopic (exact) mass is 304 g/mol. The van der Waals surface area contributed by atoms with E-state index in [1.54, 1.807) is 11.1 Å². The van der Waals surface area contributed by atoms with Crippen molar-refractivity contribution in [1.29, 1.82) is 0 Å². The molecule has 1 fully saturated rings. The van der Waals surface area contributed by atoms with E-state index >= 15 is 0 Å². The second-order valence-electron chi connectivity index (χ2n) is 8.69. The second-order valence-corrected chi connectivity index (χ2v) is 8.69. The maximum absolute atomic E-state index is 10.9. The number of hydrogen-bond acceptors (Lipinski definition) is 2. The van der Waals surface area contributed by atoms with Gasteiger partial charge in [-0.2, -0.15) is 0 Å². The Bertz CT molecular complexity index is 516. The van der Waals surface area contributed by atoms with Crippen LogP contribution in [0.1, 0.15) is 66.2 Å². The summed E-state index contributed by atoms with van der Waals surface area (Å²) in [5, 5.41) is 20.4. The molecule has 2 heteroatoms. The number of allylic oxidation sites excluding steroid dienone is 3. The van der Waals surface area contributed by atoms with Crippen LogP contribution in [0.5, 0.6) is 0 Å². The maximum atomic E-state index is 10.9. The van der Waals surface area contributed by atoms with Crippen molar-refractivity contribution in [2.45, 2.75) is 72.3 Å². The fourth-order valence-corrected chi connectivity index (χ4v) is 5.38. The molecule has 0 unspecified atom stereocenters. The Hall–Kier alpha value is -0.600. The van der Waals surface area contributed by atoms with Crippen LogP contribution in [-0.2, 0) is 0 Å². The van der Waals surface area contributed by atoms with E-state index in [0.29, 0.717) is 23.7 Å². The predicted octanol–water partition coefficient (Wildman–Crippen LogP) is 4.23. The molecule has 22 heavy (non-hydrogen) atoms. The SMILES string of the molecule is CC(C)C1=C2[C@H]3CC=C(CO)C[C@@H](O)[C@]3(C)CC[C@@]2(C)CC1. The summed E-state index contributed by atoms with van der Waals surface area (Å²) >= 11 is 0. The van der Waals surface area contributed by atoms with Crippen LogP contribution >= 0.6 is 0 Å². The van der Waals surface area contributed by atoms with Gasteiger partial charge in [-0.25, -0.2) is 0 Å². The van der Waals surface area contributed by atoms with Crippen LogP contribution in [0, 0.1) is 22.7 Å². The molecule has 0 aromatic rings. The average Bonchev–Trinajstić information content (AvgIpc) is 2.76. The van der Waals surface area contributed by atoms with Crippen LogP contribution < -0.4 is 0 Å². The Morgan fingerprint density at radius 2 is 1.95 bits per heavy atom. The lowest BCUT2D eigenvalue weighted by atomic mass is 9.54. The van der Waals surface area contributed by atoms with Gasteiger partial charge in [0.25, 0.3) is 0 Å². The van der Waals surface area contributed by atoms with Crippen LogP contribution in [0.4, 0.5) is 0 Å². The van der Waals surface area contributed by atoms with Crippen LogP contribution in [-0.4, -0.2) is 22.9 Å². The number of hydrogen-bond donors (Lipinski definition) is 2. The van der Waals surface area contributed by atoms with Crippen molar-refractivity contribution in [1.82, 2.24) is 0 Å². The lowest BCUT2D eigenvalue weighted by Crippen LogP contribution is -2.46. The molecule has 0 spiro atoms. The lowest BCUT2D eigenvalue weighted by molar-refractivity contribution is -0.0295. The van der Waals surface area contributed by atoms with Gasteiger partial charge in [0.05, 0.1) is 12.7 Å². The smallest absolute Gasteiger partial charge is 0.0642 e. The minimum absolute atomic E-state index is 0.0350. The molecule has 3 rings (SSSR count). The van der Waals surface area contributed by atoms with Crippen molar-refractivity contribution < 1.29 is 10.2 Å². The fourth-order valence-electron chi connectivity index (χ4n) is 5.38. The van der Waals surface area contributed by atoms with E-state index in [1.807, 2.05) is 0 Å². The van der Waals surface area contributed by atoms with Crippen LogP contribution in [0.25, 0.3) is 0 Å². The number of aliphatic hydroxyl groups excluding tert-OH is 2. The van der Waals surface area contributed by atoms with Crippen molar-refractivity contribution in [2.24, 2.45) is 22.7 Å². The second kappa shape index (κ2) is 5.49. The third-order valence-electron chi connectivity index (χ3n) is 7.06. The van der Waals surface area contributed by atoms with E-state index in [0.717, 1.165) is 18.4 Å². The topological polar surface area (TPSA) is 40.5 Å². The van der Waals surface area contributed by atoms with Crippen molar-refractivity contribution in [3.63, 3.8) is 0 Å². The molecule has 0 radical (unpaired) electrons. The molecule has 0 heterocycles. The van der Waals surface area contributed by atoms with E-state index in [9.17, 15) is 10.2 Å². The van der Waals surface area contributed by atoms with E-state index in [2.05, 4.69) is 33.8 Å². The van der Waals surface area contributed by atoms with Gasteiger partial charge in [-0.3, -0.25) is 0 Å². The molecule has 124 valence electrons. The standard InChI is InChI=1S/C20H32O2/c1-13(2)15-7-8-19(3)9-10-20(4)16(18(15)19)6-5-14(12-21)11-17(20)22/h5,13,16-17,21-22H,6-12H2,1-4H3/t16-,17-,19-,20-/m1/s1. The molecule has 0 aromatic carbocycles. The van der Waals surface area contributed by atoms with Crippen molar-refractivity contribution in [3.8, 4) is 0 Å². The lowest BCUT2D eigenvalue weighted by Gasteiger charge is -2.51. The van der Waals surface area contributed by atoms with E-state index in [-0.39, 0.29) is 18.1 Å². The van der Waals surface area contributed by atoms with Gasteiger partial charge in [0.15, 0.2) is 0 Å². The minimum atomic E-state index is -0.329. The van der Waals surface area contributed by atoms with E-state index < -0.39 is 0 Å². The number of rotatable bonds is 2. The summed E-state index contributed by atoms with van der Waals surface area (Å²) in [6.45, 7) is 9.47. The first kappa shape index (κ1) is 16.3. The van der Waals surface area contributed by atoms with Crippen molar-refractivity contribution in [3.05, 3.63) is 22.8 Å². The highest BCUT2D eigenvalue weighted by atomic mass is 16.3. The Kier molecular flexibility index (Phi) is 4.06. The minimum Gasteiger partial charge on any atom is -0.392 e. The summed E-state index contributed by atoms with van der Waals surface area (Å²) in [5.41, 5.74) is 4.67. The molecule has 0 saturated heterocycles. The predicted molar refractivity (Wildman–Crippen MR) is 90.4 cm³/mol. The fraction of sp³-hybridized carbons (Fsp3) is 0.800. The largest absolute Gasteiger partial charge is 0.392 e. The van der Waals surface area contributed by atoms with Gasteiger partial charge in [0, 0.05) is 5.41 Å². The average molecular weight is 304 g/mol. The molecule has 2 N–H and O–H groups in total. The van der Waals surface area contributed by atoms with Crippen LogP contribution in [0.3, 0.4) is 0 Å². The van der Waals surface area contributed by atoms with Crippen molar-refractivity contribution >= 4 is 0 Å². The summed E-state index contributed by atoms with van der Waals surface area (Å²) < 4.78 is 0. The molecule has 0 bridgehead atoms. The molecule has 1 saturated carbocycles. The van der Waals surface area contributed by atoms with Gasteiger partial charge in [-0.1, -0.05) is 44.9 Å². The third-order valence-corrected chi connectivity index (χ3v) is 7.06. The van der Waals surface area contributed by atoms with Crippen LogP contribution in [0.2, 0.25) is 0 Å². The molecule has 0 aromatic heterocycles. The summed E-state index contributed by atoms with van der Waals surface area (Å²) in [5.74, 6) is 1.06. The summed E-state index contributed by atoms with van der Waals surface area (Å²) in [7, 11) is 0. The third kappa shape index (κ3) is 2.30. The first-order valence-electron chi connectivity index (χ1n) is 9.02. The van der Waals surface area contributed by atoms with Gasteiger partial charge < -0.3 is 10.2 Å². The number of aliphatic hydroxyl groups is 2. The first-order valence-corrected chi connectivity index (χ1v) is 9.02. The Labute approximate surface area is 135 Å². The molecule has 2 nitrogen and oxygen atoms in total. The highest BCUT2D eigenvalue weighted by Gasteiger charge is 2.54. The van der Waals surface area contributed by atoms with Crippen molar-refractivity contribution in [2.75, 3.05) is 6.61 Å². The van der Waals surface area contributed by atoms with Gasteiger partial charge in [-0.15, -0.1) is 0 Å². The highest BCUT2D eigenvalue weighted by molar-refractivity contribution is 5.36. The van der Waals surface area contributed by atoms with Gasteiger partial charge in [0.2, 0.25) is 0 Å². The molecule has 0 aliphatic heterocycles. The maximum Gasteiger partial charge on any atom is 0.0642 e. The quantitative estimate of drug-likeness (QED) is 0.750. The zero-order valence-corrected chi connectivity index (χ0v) is 14.7. The number of fused-ring (bicyclic) bond motifs is 3. The van der Waals surface area contributed by atoms with Gasteiger partial charge in [0.1, 0.15) is 0 Å². The molecule has 0 amide bonds. The normalized spacial score (nSPS) is 42.0. The summed E-state index contributed by atoms with van der Waals surface area (Å²) in [6.07, 6.45) is 8.36. The summed E-state index contributed by atoms with van der Waals surface area (Å²) in [4.78, 5) is 0. The Balaban J connectivity index is 2.09. The molecule has 4 atom stereocenters. The van der Waals surface area contributed by atoms with E-state index in [1.165, 1.54) is 19.3 Å². The summed E-state index contributed by atoms with van der Waals surface area (Å²) in [6, 6.07) is 0. The highest BCUT2D eigenvalue weighted by Crippen LogP contribution is 2.63. The zero-order chi connectivity index (χ0) is 16.1. The molecule has 3 aliphatic carbocycles.